The fourth-order valence-corrected chi connectivity index (χ4v) is 5.45. The third-order valence-electron chi connectivity index (χ3n) is 7.45. The standard InChI is InChI=1S/C34H63N2O7P/c1-5-6-7-8-9-10-11-12-13-14-15-16-17-18-19-23-27-40-30-33(31-43-44(38,39)42-28-26-36(2,3)4)35-34(37)41-29-32-24-21-20-22-25-32/h20-22,24-25,33H,5-19,23,26-31H2,1-4H3,(H-,35,37,38,39)/p+1/t33-/m1/s1. The maximum absolute atomic E-state index is 12.4. The fourth-order valence-electron chi connectivity index (χ4n) is 4.69. The minimum Gasteiger partial charge on any atom is -0.445 e. The Balaban J connectivity index is 2.23. The lowest BCUT2D eigenvalue weighted by atomic mass is 10.0. The average molecular weight is 644 g/mol. The molecule has 1 aromatic carbocycles. The van der Waals surface area contributed by atoms with E-state index in [4.69, 9.17) is 18.5 Å². The number of ether oxygens (including phenoxy) is 2. The number of likely N-dealkylation sites (N-methyl/N-ethyl adjacent to an activating group) is 1. The van der Waals surface area contributed by atoms with Crippen molar-refractivity contribution in [2.45, 2.75) is 122 Å². The smallest absolute Gasteiger partial charge is 0.445 e. The molecule has 0 saturated heterocycles. The molecule has 1 unspecified atom stereocenters. The molecule has 0 radical (unpaired) electrons. The van der Waals surface area contributed by atoms with E-state index in [2.05, 4.69) is 12.2 Å². The van der Waals surface area contributed by atoms with Gasteiger partial charge >= 0.3 is 13.9 Å². The molecule has 1 amide bonds. The zero-order valence-electron chi connectivity index (χ0n) is 28.3. The number of phosphoric acid groups is 1. The van der Waals surface area contributed by atoms with E-state index in [1.54, 1.807) is 0 Å². The first-order chi connectivity index (χ1) is 21.1. The summed E-state index contributed by atoms with van der Waals surface area (Å²) in [5.41, 5.74) is 0.862. The number of quaternary nitrogens is 1. The van der Waals surface area contributed by atoms with Crippen molar-refractivity contribution in [3.05, 3.63) is 35.9 Å². The van der Waals surface area contributed by atoms with E-state index in [1.807, 2.05) is 51.5 Å². The molecule has 0 aliphatic heterocycles. The molecule has 1 rings (SSSR count). The van der Waals surface area contributed by atoms with Crippen molar-refractivity contribution >= 4 is 13.9 Å². The molecule has 10 heteroatoms. The van der Waals surface area contributed by atoms with Crippen molar-refractivity contribution in [3.8, 4) is 0 Å². The summed E-state index contributed by atoms with van der Waals surface area (Å²) >= 11 is 0. The van der Waals surface area contributed by atoms with Crippen LogP contribution in [-0.4, -0.2) is 75.6 Å². The van der Waals surface area contributed by atoms with Gasteiger partial charge in [-0.3, -0.25) is 9.05 Å². The number of alkyl carbamates (subject to hydrolysis) is 1. The molecule has 0 aliphatic rings. The average Bonchev–Trinajstić information content (AvgIpc) is 2.98. The molecule has 1 aromatic rings. The van der Waals surface area contributed by atoms with E-state index < -0.39 is 20.0 Å². The highest BCUT2D eigenvalue weighted by Crippen LogP contribution is 2.43. The molecular weight excluding hydrogens is 579 g/mol. The Labute approximate surface area is 268 Å². The van der Waals surface area contributed by atoms with Crippen molar-refractivity contribution < 1.29 is 37.3 Å². The van der Waals surface area contributed by atoms with Crippen LogP contribution in [0.2, 0.25) is 0 Å². The number of unbranched alkanes of at least 4 members (excludes halogenated alkanes) is 15. The van der Waals surface area contributed by atoms with Gasteiger partial charge in [-0.1, -0.05) is 134 Å². The van der Waals surface area contributed by atoms with Crippen LogP contribution in [0.5, 0.6) is 0 Å². The van der Waals surface area contributed by atoms with Crippen LogP contribution in [0.25, 0.3) is 0 Å². The quantitative estimate of drug-likeness (QED) is 0.0513. The Bertz CT molecular complexity index is 867. The summed E-state index contributed by atoms with van der Waals surface area (Å²) in [6, 6.07) is 8.70. The molecule has 0 aromatic heterocycles. The number of hydrogen-bond donors (Lipinski definition) is 2. The third kappa shape index (κ3) is 25.8. The topological polar surface area (TPSA) is 103 Å². The summed E-state index contributed by atoms with van der Waals surface area (Å²) in [4.78, 5) is 22.5. The normalized spacial score (nSPS) is 13.8. The molecule has 0 bridgehead atoms. The van der Waals surface area contributed by atoms with Crippen LogP contribution in [0.1, 0.15) is 115 Å². The first-order valence-electron chi connectivity index (χ1n) is 17.1. The van der Waals surface area contributed by atoms with Crippen molar-refractivity contribution in [1.29, 1.82) is 0 Å². The number of benzene rings is 1. The second-order valence-electron chi connectivity index (χ2n) is 12.9. The van der Waals surface area contributed by atoms with Crippen LogP contribution >= 0.6 is 7.82 Å². The summed E-state index contributed by atoms with van der Waals surface area (Å²) in [7, 11) is 1.61. The minimum atomic E-state index is -4.28. The number of nitrogens with zero attached hydrogens (tertiary/aromatic N) is 1. The van der Waals surface area contributed by atoms with Gasteiger partial charge in [0.15, 0.2) is 0 Å². The van der Waals surface area contributed by atoms with Crippen LogP contribution in [0.15, 0.2) is 30.3 Å². The lowest BCUT2D eigenvalue weighted by molar-refractivity contribution is -0.870. The summed E-state index contributed by atoms with van der Waals surface area (Å²) < 4.78 is 34.3. The number of phosphoric ester groups is 1. The van der Waals surface area contributed by atoms with Gasteiger partial charge in [-0.25, -0.2) is 9.36 Å². The van der Waals surface area contributed by atoms with Crippen molar-refractivity contribution in [2.24, 2.45) is 0 Å². The van der Waals surface area contributed by atoms with Gasteiger partial charge in [0.25, 0.3) is 0 Å². The predicted molar refractivity (Wildman–Crippen MR) is 179 cm³/mol. The van der Waals surface area contributed by atoms with Gasteiger partial charge in [-0.05, 0) is 12.0 Å². The van der Waals surface area contributed by atoms with Crippen LogP contribution in [-0.2, 0) is 29.7 Å². The van der Waals surface area contributed by atoms with Gasteiger partial charge in [-0.15, -0.1) is 0 Å². The molecule has 0 spiro atoms. The van der Waals surface area contributed by atoms with Gasteiger partial charge in [0, 0.05) is 6.61 Å². The van der Waals surface area contributed by atoms with Crippen molar-refractivity contribution in [1.82, 2.24) is 5.32 Å². The van der Waals surface area contributed by atoms with Gasteiger partial charge < -0.3 is 24.2 Å². The van der Waals surface area contributed by atoms with Crippen LogP contribution in [0, 0.1) is 0 Å². The molecule has 0 saturated carbocycles. The highest BCUT2D eigenvalue weighted by molar-refractivity contribution is 7.47. The highest BCUT2D eigenvalue weighted by Gasteiger charge is 2.25. The first kappa shape index (κ1) is 40.5. The van der Waals surface area contributed by atoms with Gasteiger partial charge in [-0.2, -0.15) is 0 Å². The summed E-state index contributed by atoms with van der Waals surface area (Å²) in [6.07, 6.45) is 20.3. The van der Waals surface area contributed by atoms with Gasteiger partial charge in [0.05, 0.1) is 40.4 Å². The first-order valence-corrected chi connectivity index (χ1v) is 18.6. The number of hydrogen-bond acceptors (Lipinski definition) is 6. The Kier molecular flexibility index (Phi) is 23.7. The lowest BCUT2D eigenvalue weighted by Gasteiger charge is -2.24. The Morgan fingerprint density at radius 3 is 1.82 bits per heavy atom. The van der Waals surface area contributed by atoms with E-state index in [0.717, 1.165) is 18.4 Å². The fraction of sp³-hybridized carbons (Fsp3) is 0.794. The van der Waals surface area contributed by atoms with Gasteiger partial charge in [0.1, 0.15) is 19.8 Å². The van der Waals surface area contributed by atoms with Crippen molar-refractivity contribution in [3.63, 3.8) is 0 Å². The molecule has 0 aliphatic carbocycles. The largest absolute Gasteiger partial charge is 0.472 e. The molecule has 256 valence electrons. The highest BCUT2D eigenvalue weighted by atomic mass is 31.2. The van der Waals surface area contributed by atoms with Crippen molar-refractivity contribution in [2.75, 3.05) is 54.1 Å². The second kappa shape index (κ2) is 25.7. The van der Waals surface area contributed by atoms with Gasteiger partial charge in [0.2, 0.25) is 0 Å². The predicted octanol–water partition coefficient (Wildman–Crippen LogP) is 8.40. The van der Waals surface area contributed by atoms with Crippen LogP contribution in [0.3, 0.4) is 0 Å². The molecular formula is C34H64N2O7P+. The molecule has 9 nitrogen and oxygen atoms in total. The van der Waals surface area contributed by atoms with E-state index in [1.165, 1.54) is 89.9 Å². The molecule has 2 N–H and O–H groups in total. The zero-order valence-corrected chi connectivity index (χ0v) is 29.2. The second-order valence-corrected chi connectivity index (χ2v) is 14.3. The van der Waals surface area contributed by atoms with Crippen LogP contribution < -0.4 is 5.32 Å². The number of rotatable bonds is 29. The molecule has 2 atom stereocenters. The monoisotopic (exact) mass is 643 g/mol. The maximum atomic E-state index is 12.4. The lowest BCUT2D eigenvalue weighted by Crippen LogP contribution is -2.42. The van der Waals surface area contributed by atoms with E-state index in [9.17, 15) is 14.3 Å². The minimum absolute atomic E-state index is 0.0737. The molecule has 44 heavy (non-hydrogen) atoms. The summed E-state index contributed by atoms with van der Waals surface area (Å²) in [5, 5.41) is 2.69. The number of carbonyl (C=O) groups excluding carboxylic acids is 1. The SMILES string of the molecule is CCCCCCCCCCCCCCCCCCOC[C@H](COP(=O)(O)OCC[N+](C)(C)C)NC(=O)OCc1ccccc1. The molecule has 0 heterocycles. The van der Waals surface area contributed by atoms with E-state index >= 15 is 0 Å². The van der Waals surface area contributed by atoms with E-state index in [0.29, 0.717) is 17.6 Å². The Morgan fingerprint density at radius 2 is 1.30 bits per heavy atom. The molecule has 0 fully saturated rings. The Hall–Kier alpha value is -1.48. The maximum Gasteiger partial charge on any atom is 0.472 e. The summed E-state index contributed by atoms with van der Waals surface area (Å²) in [6.45, 7) is 3.45. The number of nitrogens with one attached hydrogen (secondary N) is 1. The number of amides is 1. The number of carbonyl (C=O) groups is 1. The third-order valence-corrected chi connectivity index (χ3v) is 8.44. The summed E-state index contributed by atoms with van der Waals surface area (Å²) in [5.74, 6) is 0. The van der Waals surface area contributed by atoms with Crippen LogP contribution in [0.4, 0.5) is 4.79 Å². The van der Waals surface area contributed by atoms with E-state index in [-0.39, 0.29) is 26.4 Å². The Morgan fingerprint density at radius 1 is 0.773 bits per heavy atom. The zero-order chi connectivity index (χ0) is 32.4.